The van der Waals surface area contributed by atoms with E-state index in [1.165, 1.54) is 21.1 Å². The molecule has 0 fully saturated rings. The number of rotatable bonds is 5. The van der Waals surface area contributed by atoms with Crippen LogP contribution in [0.2, 0.25) is 0 Å². The monoisotopic (exact) mass is 392 g/mol. The average molecular weight is 392 g/mol. The molecule has 148 valence electrons. The average Bonchev–Trinajstić information content (AvgIpc) is 3.02. The minimum absolute atomic E-state index is 0.138. The van der Waals surface area contributed by atoms with Crippen LogP contribution in [0.3, 0.4) is 0 Å². The van der Waals surface area contributed by atoms with E-state index < -0.39 is 0 Å². The van der Waals surface area contributed by atoms with Gasteiger partial charge in [0.05, 0.1) is 30.9 Å². The van der Waals surface area contributed by atoms with Crippen molar-refractivity contribution in [2.75, 3.05) is 20.8 Å². The van der Waals surface area contributed by atoms with Crippen LogP contribution >= 0.6 is 0 Å². The molecule has 29 heavy (non-hydrogen) atoms. The molecule has 0 bridgehead atoms. The SMILES string of the molecule is COc1ccc2c3c(n(CCNC(C)=O)c(=O)c2c1OC)-c1ccccc1C3=O. The molecule has 1 aliphatic rings. The first kappa shape index (κ1) is 18.7. The summed E-state index contributed by atoms with van der Waals surface area (Å²) in [5.74, 6) is 0.371. The molecule has 1 aliphatic carbocycles. The number of ether oxygens (including phenoxy) is 2. The highest BCUT2D eigenvalue weighted by Gasteiger charge is 2.33. The topological polar surface area (TPSA) is 86.6 Å². The summed E-state index contributed by atoms with van der Waals surface area (Å²) in [6.45, 7) is 1.90. The Morgan fingerprint density at radius 1 is 1.03 bits per heavy atom. The normalized spacial score (nSPS) is 11.9. The van der Waals surface area contributed by atoms with E-state index in [0.29, 0.717) is 33.5 Å². The molecule has 7 heteroatoms. The molecule has 0 radical (unpaired) electrons. The predicted octanol–water partition coefficient (Wildman–Crippen LogP) is 2.37. The number of aromatic nitrogens is 1. The molecule has 2 aromatic carbocycles. The Morgan fingerprint density at radius 3 is 2.41 bits per heavy atom. The second kappa shape index (κ2) is 7.09. The van der Waals surface area contributed by atoms with Crippen LogP contribution in [-0.4, -0.2) is 37.0 Å². The number of nitrogens with one attached hydrogen (secondary N) is 1. The molecule has 0 spiro atoms. The zero-order valence-corrected chi connectivity index (χ0v) is 16.4. The minimum Gasteiger partial charge on any atom is -0.493 e. The lowest BCUT2D eigenvalue weighted by Crippen LogP contribution is -2.31. The van der Waals surface area contributed by atoms with Crippen molar-refractivity contribution in [1.82, 2.24) is 9.88 Å². The van der Waals surface area contributed by atoms with E-state index in [2.05, 4.69) is 5.32 Å². The number of benzene rings is 2. The highest BCUT2D eigenvalue weighted by Crippen LogP contribution is 2.42. The number of carbonyl (C=O) groups is 2. The highest BCUT2D eigenvalue weighted by atomic mass is 16.5. The van der Waals surface area contributed by atoms with Gasteiger partial charge >= 0.3 is 0 Å². The quantitative estimate of drug-likeness (QED) is 0.564. The number of methoxy groups -OCH3 is 2. The fraction of sp³-hybridized carbons (Fsp3) is 0.227. The van der Waals surface area contributed by atoms with Crippen molar-refractivity contribution in [3.05, 3.63) is 57.9 Å². The molecule has 3 aromatic rings. The van der Waals surface area contributed by atoms with Gasteiger partial charge in [-0.1, -0.05) is 24.3 Å². The van der Waals surface area contributed by atoms with E-state index in [-0.39, 0.29) is 41.5 Å². The van der Waals surface area contributed by atoms with Crippen molar-refractivity contribution >= 4 is 22.5 Å². The van der Waals surface area contributed by atoms with Crippen molar-refractivity contribution in [3.63, 3.8) is 0 Å². The number of amides is 1. The standard InChI is InChI=1S/C22H20N2O5/c1-12(25)23-10-11-24-19-13-6-4-5-7-14(13)20(26)17(19)15-8-9-16(28-2)21(29-3)18(15)22(24)27/h4-9H,10-11H2,1-3H3,(H,23,25). The van der Waals surface area contributed by atoms with Crippen LogP contribution in [-0.2, 0) is 11.3 Å². The van der Waals surface area contributed by atoms with Crippen molar-refractivity contribution < 1.29 is 19.1 Å². The molecule has 7 nitrogen and oxygen atoms in total. The van der Waals surface area contributed by atoms with Crippen LogP contribution in [0, 0.1) is 0 Å². The third-order valence-corrected chi connectivity index (χ3v) is 5.14. The summed E-state index contributed by atoms with van der Waals surface area (Å²) in [5, 5.41) is 3.52. The molecule has 0 saturated heterocycles. The fourth-order valence-corrected chi connectivity index (χ4v) is 3.94. The molecular weight excluding hydrogens is 372 g/mol. The first-order chi connectivity index (χ1) is 14.0. The van der Waals surface area contributed by atoms with Gasteiger partial charge in [-0.2, -0.15) is 0 Å². The maximum atomic E-state index is 13.5. The molecule has 1 aromatic heterocycles. The summed E-state index contributed by atoms with van der Waals surface area (Å²) in [7, 11) is 2.95. The third kappa shape index (κ3) is 2.77. The maximum absolute atomic E-state index is 13.5. The summed E-state index contributed by atoms with van der Waals surface area (Å²) >= 11 is 0. The van der Waals surface area contributed by atoms with E-state index in [1.54, 1.807) is 28.8 Å². The van der Waals surface area contributed by atoms with Crippen LogP contribution in [0.25, 0.3) is 22.0 Å². The van der Waals surface area contributed by atoms with Crippen LogP contribution < -0.4 is 20.3 Å². The largest absolute Gasteiger partial charge is 0.493 e. The smallest absolute Gasteiger partial charge is 0.262 e. The van der Waals surface area contributed by atoms with Gasteiger partial charge < -0.3 is 19.4 Å². The number of ketones is 1. The van der Waals surface area contributed by atoms with E-state index in [9.17, 15) is 14.4 Å². The molecule has 1 amide bonds. The molecule has 0 atom stereocenters. The van der Waals surface area contributed by atoms with Crippen molar-refractivity contribution in [2.24, 2.45) is 0 Å². The highest BCUT2D eigenvalue weighted by molar-refractivity contribution is 6.27. The first-order valence-electron chi connectivity index (χ1n) is 9.19. The van der Waals surface area contributed by atoms with E-state index in [4.69, 9.17) is 9.47 Å². The lowest BCUT2D eigenvalue weighted by atomic mass is 10.0. The van der Waals surface area contributed by atoms with Gasteiger partial charge in [0.2, 0.25) is 5.91 Å². The van der Waals surface area contributed by atoms with Crippen LogP contribution in [0.1, 0.15) is 22.8 Å². The first-order valence-corrected chi connectivity index (χ1v) is 9.19. The number of nitrogens with zero attached hydrogens (tertiary/aromatic N) is 1. The fourth-order valence-electron chi connectivity index (χ4n) is 3.94. The summed E-state index contributed by atoms with van der Waals surface area (Å²) in [6.07, 6.45) is 0. The second-order valence-corrected chi connectivity index (χ2v) is 6.76. The molecule has 0 unspecified atom stereocenters. The number of carbonyl (C=O) groups excluding carboxylic acids is 2. The van der Waals surface area contributed by atoms with E-state index >= 15 is 0 Å². The maximum Gasteiger partial charge on any atom is 0.262 e. The van der Waals surface area contributed by atoms with Gasteiger partial charge in [0.15, 0.2) is 17.3 Å². The van der Waals surface area contributed by atoms with Gasteiger partial charge in [-0.15, -0.1) is 0 Å². The Balaban J connectivity index is 2.10. The van der Waals surface area contributed by atoms with Gasteiger partial charge in [0.25, 0.3) is 5.56 Å². The van der Waals surface area contributed by atoms with Gasteiger partial charge in [-0.25, -0.2) is 0 Å². The van der Waals surface area contributed by atoms with Gasteiger partial charge in [0, 0.05) is 36.5 Å². The Morgan fingerprint density at radius 2 is 1.76 bits per heavy atom. The lowest BCUT2D eigenvalue weighted by molar-refractivity contribution is -0.118. The Labute approximate surface area is 166 Å². The van der Waals surface area contributed by atoms with Gasteiger partial charge in [-0.05, 0) is 12.1 Å². The van der Waals surface area contributed by atoms with Crippen molar-refractivity contribution in [2.45, 2.75) is 13.5 Å². The predicted molar refractivity (Wildman–Crippen MR) is 109 cm³/mol. The molecular formula is C22H20N2O5. The summed E-state index contributed by atoms with van der Waals surface area (Å²) < 4.78 is 12.4. The zero-order valence-electron chi connectivity index (χ0n) is 16.4. The third-order valence-electron chi connectivity index (χ3n) is 5.14. The van der Waals surface area contributed by atoms with E-state index in [0.717, 1.165) is 0 Å². The number of hydrogen-bond acceptors (Lipinski definition) is 5. The Bertz CT molecular complexity index is 1230. The van der Waals surface area contributed by atoms with Crippen LogP contribution in [0.15, 0.2) is 41.2 Å². The van der Waals surface area contributed by atoms with Crippen LogP contribution in [0.5, 0.6) is 11.5 Å². The second-order valence-electron chi connectivity index (χ2n) is 6.76. The molecule has 1 N–H and O–H groups in total. The number of pyridine rings is 1. The number of hydrogen-bond donors (Lipinski definition) is 1. The molecule has 1 heterocycles. The summed E-state index contributed by atoms with van der Waals surface area (Å²) in [4.78, 5) is 38.1. The van der Waals surface area contributed by atoms with Crippen molar-refractivity contribution in [3.8, 4) is 22.8 Å². The van der Waals surface area contributed by atoms with E-state index in [1.807, 2.05) is 12.1 Å². The lowest BCUT2D eigenvalue weighted by Gasteiger charge is -2.17. The minimum atomic E-state index is -0.302. The number of fused-ring (bicyclic) bond motifs is 5. The summed E-state index contributed by atoms with van der Waals surface area (Å²) in [6, 6.07) is 10.6. The van der Waals surface area contributed by atoms with Gasteiger partial charge in [-0.3, -0.25) is 14.4 Å². The molecule has 0 saturated carbocycles. The van der Waals surface area contributed by atoms with Gasteiger partial charge in [0.1, 0.15) is 0 Å². The Kier molecular flexibility index (Phi) is 4.58. The zero-order chi connectivity index (χ0) is 20.7. The molecule has 4 rings (SSSR count). The Hall–Kier alpha value is -3.61. The van der Waals surface area contributed by atoms with Crippen LogP contribution in [0.4, 0.5) is 0 Å². The molecule has 0 aliphatic heterocycles. The van der Waals surface area contributed by atoms with Crippen molar-refractivity contribution in [1.29, 1.82) is 0 Å². The summed E-state index contributed by atoms with van der Waals surface area (Å²) in [5.41, 5.74) is 2.00.